The van der Waals surface area contributed by atoms with E-state index in [0.717, 1.165) is 12.8 Å². The van der Waals surface area contributed by atoms with E-state index in [0.29, 0.717) is 0 Å². The average Bonchev–Trinajstić information content (AvgIpc) is 3.56. The van der Waals surface area contributed by atoms with Gasteiger partial charge in [0.15, 0.2) is 0 Å². The molecule has 0 saturated carbocycles. The van der Waals surface area contributed by atoms with E-state index in [1.54, 1.807) is 0 Å². The molecule has 53 heavy (non-hydrogen) atoms. The SMILES string of the molecule is CCc1cc(C)cc(P(c2cc(C)cc(C)c2)c2ccc3ccccc3c2-c2c(P(C3=CC(C)=CC3)c3cc(C)cc(C)c3)ccc3ccccc23)c1. The molecular formula is C51H48P2. The molecule has 7 aromatic carbocycles. The maximum Gasteiger partial charge on any atom is -0.000884 e. The third-order valence-corrected chi connectivity index (χ3v) is 15.5. The summed E-state index contributed by atoms with van der Waals surface area (Å²) in [4.78, 5) is 0. The van der Waals surface area contributed by atoms with Crippen molar-refractivity contribution in [3.8, 4) is 11.1 Å². The summed E-state index contributed by atoms with van der Waals surface area (Å²) in [7, 11) is -1.75. The molecule has 8 rings (SSSR count). The number of benzene rings is 7. The van der Waals surface area contributed by atoms with Crippen LogP contribution >= 0.6 is 15.8 Å². The molecular weight excluding hydrogens is 675 g/mol. The number of aryl methyl sites for hydroxylation is 6. The summed E-state index contributed by atoms with van der Waals surface area (Å²) in [6, 6.07) is 49.7. The first-order valence-electron chi connectivity index (χ1n) is 19.0. The lowest BCUT2D eigenvalue weighted by atomic mass is 9.93. The Morgan fingerprint density at radius 2 is 0.925 bits per heavy atom. The van der Waals surface area contributed by atoms with Gasteiger partial charge in [0, 0.05) is 0 Å². The highest BCUT2D eigenvalue weighted by atomic mass is 31.1. The average molecular weight is 723 g/mol. The van der Waals surface area contributed by atoms with Gasteiger partial charge in [0.1, 0.15) is 0 Å². The molecule has 0 saturated heterocycles. The molecule has 2 atom stereocenters. The van der Waals surface area contributed by atoms with Crippen LogP contribution in [0.15, 0.2) is 150 Å². The fourth-order valence-corrected chi connectivity index (χ4v) is 14.1. The summed E-state index contributed by atoms with van der Waals surface area (Å²) in [5.41, 5.74) is 12.2. The standard InChI is InChI=1S/C51H48P2/c1-8-39-25-38(7)31-45(32-39)53(44-29-36(5)24-37(6)30-44)49-22-19-41-14-10-12-16-47(41)51(49)50-46-15-11-9-13-40(46)18-21-48(50)52(42-20-17-33(2)26-42)43-27-34(3)23-35(4)28-43/h9-19,21-32H,8,20H2,1-7H3. The van der Waals surface area contributed by atoms with Crippen molar-refractivity contribution in [1.82, 2.24) is 0 Å². The van der Waals surface area contributed by atoms with E-state index in [1.807, 2.05) is 0 Å². The Hall–Kier alpha value is -4.60. The van der Waals surface area contributed by atoms with Crippen molar-refractivity contribution in [3.63, 3.8) is 0 Å². The van der Waals surface area contributed by atoms with E-state index in [1.165, 1.54) is 103 Å². The van der Waals surface area contributed by atoms with Gasteiger partial charge in [-0.3, -0.25) is 0 Å². The van der Waals surface area contributed by atoms with Crippen LogP contribution in [-0.4, -0.2) is 0 Å². The number of allylic oxidation sites excluding steroid dienone is 4. The van der Waals surface area contributed by atoms with Crippen LogP contribution in [0.5, 0.6) is 0 Å². The van der Waals surface area contributed by atoms with Gasteiger partial charge in [-0.2, -0.15) is 0 Å². The van der Waals surface area contributed by atoms with Gasteiger partial charge in [0.05, 0.1) is 0 Å². The topological polar surface area (TPSA) is 0 Å². The van der Waals surface area contributed by atoms with Crippen LogP contribution in [0.25, 0.3) is 32.7 Å². The quantitative estimate of drug-likeness (QED) is 0.137. The molecule has 0 heterocycles. The lowest BCUT2D eigenvalue weighted by molar-refractivity contribution is 1.14. The monoisotopic (exact) mass is 722 g/mol. The van der Waals surface area contributed by atoms with Crippen LogP contribution in [0.4, 0.5) is 0 Å². The highest BCUT2D eigenvalue weighted by molar-refractivity contribution is 7.80. The van der Waals surface area contributed by atoms with Crippen molar-refractivity contribution in [2.75, 3.05) is 0 Å². The Balaban J connectivity index is 1.54. The molecule has 0 radical (unpaired) electrons. The molecule has 0 bridgehead atoms. The zero-order chi connectivity index (χ0) is 36.8. The molecule has 0 spiro atoms. The Morgan fingerprint density at radius 1 is 0.472 bits per heavy atom. The van der Waals surface area contributed by atoms with E-state index >= 15 is 0 Å². The van der Waals surface area contributed by atoms with E-state index in [-0.39, 0.29) is 0 Å². The maximum absolute atomic E-state index is 2.50. The Kier molecular flexibility index (Phi) is 9.81. The van der Waals surface area contributed by atoms with Crippen molar-refractivity contribution in [1.29, 1.82) is 0 Å². The van der Waals surface area contributed by atoms with Crippen LogP contribution in [-0.2, 0) is 6.42 Å². The van der Waals surface area contributed by atoms with Crippen molar-refractivity contribution in [3.05, 3.63) is 184 Å². The number of hydrogen-bond acceptors (Lipinski definition) is 0. The molecule has 1 aliphatic rings. The van der Waals surface area contributed by atoms with Crippen LogP contribution in [0.1, 0.15) is 53.6 Å². The fraction of sp³-hybridized carbons (Fsp3) is 0.176. The predicted octanol–water partition coefficient (Wildman–Crippen LogP) is 12.2. The highest BCUT2D eigenvalue weighted by Gasteiger charge is 2.30. The number of rotatable bonds is 8. The Labute approximate surface area is 318 Å². The second-order valence-electron chi connectivity index (χ2n) is 15.0. The molecule has 1 aliphatic carbocycles. The number of fused-ring (bicyclic) bond motifs is 2. The second kappa shape index (κ2) is 14.7. The Morgan fingerprint density at radius 3 is 1.42 bits per heavy atom. The summed E-state index contributed by atoms with van der Waals surface area (Å²) < 4.78 is 0. The van der Waals surface area contributed by atoms with Gasteiger partial charge >= 0.3 is 0 Å². The molecule has 2 unspecified atom stereocenters. The van der Waals surface area contributed by atoms with Gasteiger partial charge < -0.3 is 0 Å². The zero-order valence-electron chi connectivity index (χ0n) is 32.1. The number of hydrogen-bond donors (Lipinski definition) is 0. The minimum absolute atomic E-state index is 0.831. The fourth-order valence-electron chi connectivity index (χ4n) is 8.44. The largest absolute Gasteiger partial charge is 0.0771 e. The molecule has 0 aliphatic heterocycles. The van der Waals surface area contributed by atoms with Gasteiger partial charge in [-0.05, 0) is 140 Å². The highest BCUT2D eigenvalue weighted by Crippen LogP contribution is 2.52. The lowest BCUT2D eigenvalue weighted by Crippen LogP contribution is -2.25. The smallest absolute Gasteiger partial charge is 0.000884 e. The molecule has 0 nitrogen and oxygen atoms in total. The van der Waals surface area contributed by atoms with Gasteiger partial charge in [-0.15, -0.1) is 0 Å². The molecule has 0 amide bonds. The van der Waals surface area contributed by atoms with Crippen molar-refractivity contribution in [2.45, 2.75) is 61.3 Å². The first-order chi connectivity index (χ1) is 25.7. The van der Waals surface area contributed by atoms with Gasteiger partial charge in [-0.1, -0.05) is 180 Å². The second-order valence-corrected chi connectivity index (χ2v) is 19.5. The molecule has 262 valence electrons. The van der Waals surface area contributed by atoms with Crippen LogP contribution in [0, 0.1) is 34.6 Å². The normalized spacial score (nSPS) is 14.0. The summed E-state index contributed by atoms with van der Waals surface area (Å²) >= 11 is 0. The third kappa shape index (κ3) is 6.97. The van der Waals surface area contributed by atoms with E-state index in [2.05, 4.69) is 188 Å². The molecule has 7 aromatic rings. The first-order valence-corrected chi connectivity index (χ1v) is 21.6. The summed E-state index contributed by atoms with van der Waals surface area (Å²) in [6.07, 6.45) is 6.91. The lowest BCUT2D eigenvalue weighted by Gasteiger charge is -2.29. The summed E-state index contributed by atoms with van der Waals surface area (Å²) in [5.74, 6) is 0. The van der Waals surface area contributed by atoms with Gasteiger partial charge in [-0.25, -0.2) is 0 Å². The first kappa shape index (κ1) is 35.4. The maximum atomic E-state index is 2.50. The summed E-state index contributed by atoms with van der Waals surface area (Å²) in [5, 5.41) is 13.9. The molecule has 0 N–H and O–H groups in total. The van der Waals surface area contributed by atoms with Crippen LogP contribution in [0.3, 0.4) is 0 Å². The van der Waals surface area contributed by atoms with Crippen LogP contribution in [0.2, 0.25) is 0 Å². The van der Waals surface area contributed by atoms with E-state index in [4.69, 9.17) is 0 Å². The molecule has 2 heteroatoms. The Bertz CT molecular complexity index is 2560. The predicted molar refractivity (Wildman–Crippen MR) is 238 cm³/mol. The van der Waals surface area contributed by atoms with Gasteiger partial charge in [0.2, 0.25) is 0 Å². The third-order valence-electron chi connectivity index (χ3n) is 10.6. The van der Waals surface area contributed by atoms with Crippen LogP contribution < -0.4 is 26.5 Å². The van der Waals surface area contributed by atoms with Crippen molar-refractivity contribution >= 4 is 63.9 Å². The van der Waals surface area contributed by atoms with Gasteiger partial charge in [0.25, 0.3) is 0 Å². The van der Waals surface area contributed by atoms with Crippen molar-refractivity contribution in [2.24, 2.45) is 0 Å². The summed E-state index contributed by atoms with van der Waals surface area (Å²) in [6.45, 7) is 15.8. The minimum atomic E-state index is -0.921. The zero-order valence-corrected chi connectivity index (χ0v) is 33.9. The van der Waals surface area contributed by atoms with E-state index in [9.17, 15) is 0 Å². The van der Waals surface area contributed by atoms with E-state index < -0.39 is 15.8 Å². The van der Waals surface area contributed by atoms with Crippen molar-refractivity contribution < 1.29 is 0 Å². The molecule has 0 aromatic heterocycles. The minimum Gasteiger partial charge on any atom is -0.0771 e. The molecule has 0 fully saturated rings.